The number of aliphatic imine (C=N–C) groups is 1. The van der Waals surface area contributed by atoms with Crippen LogP contribution >= 0.6 is 11.8 Å². The van der Waals surface area contributed by atoms with Crippen LogP contribution in [0.3, 0.4) is 0 Å². The number of ether oxygens (including phenoxy) is 3. The molecule has 3 rings (SSSR count). The maximum absolute atomic E-state index is 13.2. The van der Waals surface area contributed by atoms with E-state index >= 15 is 0 Å². The van der Waals surface area contributed by atoms with E-state index in [-0.39, 0.29) is 23.3 Å². The first-order valence-corrected chi connectivity index (χ1v) is 10.3. The molecule has 2 aromatic rings. The van der Waals surface area contributed by atoms with Gasteiger partial charge in [0, 0.05) is 6.07 Å². The molecule has 1 aliphatic rings. The first-order chi connectivity index (χ1) is 14.5. The van der Waals surface area contributed by atoms with Gasteiger partial charge in [-0.2, -0.15) is 0 Å². The lowest BCUT2D eigenvalue weighted by Gasteiger charge is -2.18. The van der Waals surface area contributed by atoms with Gasteiger partial charge in [0.25, 0.3) is 5.91 Å². The molecule has 0 aromatic heterocycles. The Morgan fingerprint density at radius 3 is 2.50 bits per heavy atom. The number of esters is 1. The van der Waals surface area contributed by atoms with Gasteiger partial charge in [-0.3, -0.25) is 14.5 Å². The van der Waals surface area contributed by atoms with Crippen molar-refractivity contribution in [2.45, 2.75) is 6.92 Å². The Labute approximate surface area is 179 Å². The fourth-order valence-electron chi connectivity index (χ4n) is 2.75. The van der Waals surface area contributed by atoms with Gasteiger partial charge in [-0.1, -0.05) is 30.0 Å². The van der Waals surface area contributed by atoms with Gasteiger partial charge in [0.05, 0.1) is 32.3 Å². The number of benzene rings is 2. The number of carbonyl (C=O) groups excluding carboxylic acids is 2. The summed E-state index contributed by atoms with van der Waals surface area (Å²) in [5.74, 6) is 0.738. The maximum atomic E-state index is 13.2. The van der Waals surface area contributed by atoms with Crippen molar-refractivity contribution in [3.05, 3.63) is 59.8 Å². The Balaban J connectivity index is 1.93. The van der Waals surface area contributed by atoms with Gasteiger partial charge in [-0.15, -0.1) is 0 Å². The van der Waals surface area contributed by atoms with Crippen LogP contribution in [0.2, 0.25) is 0 Å². The standard InChI is InChI=1S/C22H22N2O5S/c1-4-29-20(25)14-30-22-23-19(12-15-8-10-17(27-2)11-9-15)21(26)24(22)16-6-5-7-18(13-16)28-3/h5-13H,4,14H2,1-3H3/b19-12+. The van der Waals surface area contributed by atoms with E-state index in [1.165, 1.54) is 4.90 Å². The van der Waals surface area contributed by atoms with Crippen molar-refractivity contribution in [2.24, 2.45) is 4.99 Å². The highest BCUT2D eigenvalue weighted by Crippen LogP contribution is 2.31. The van der Waals surface area contributed by atoms with Gasteiger partial charge in [0.15, 0.2) is 5.17 Å². The highest BCUT2D eigenvalue weighted by Gasteiger charge is 2.32. The molecule has 1 amide bonds. The lowest BCUT2D eigenvalue weighted by atomic mass is 10.2. The fraction of sp³-hybridized carbons (Fsp3) is 0.227. The summed E-state index contributed by atoms with van der Waals surface area (Å²) in [7, 11) is 3.15. The first-order valence-electron chi connectivity index (χ1n) is 9.27. The second-order valence-corrected chi connectivity index (χ2v) is 7.08. The number of amidine groups is 1. The van der Waals surface area contributed by atoms with E-state index in [4.69, 9.17) is 14.2 Å². The number of amides is 1. The summed E-state index contributed by atoms with van der Waals surface area (Å²) in [6.45, 7) is 2.05. The molecule has 0 saturated carbocycles. The van der Waals surface area contributed by atoms with Crippen molar-refractivity contribution in [2.75, 3.05) is 31.5 Å². The Morgan fingerprint density at radius 2 is 1.83 bits per heavy atom. The molecule has 0 aliphatic carbocycles. The molecule has 156 valence electrons. The molecule has 8 heteroatoms. The van der Waals surface area contributed by atoms with Crippen LogP contribution < -0.4 is 14.4 Å². The van der Waals surface area contributed by atoms with Crippen molar-refractivity contribution >= 4 is 40.6 Å². The molecule has 1 aliphatic heterocycles. The highest BCUT2D eigenvalue weighted by atomic mass is 32.2. The number of methoxy groups -OCH3 is 2. The Kier molecular flexibility index (Phi) is 7.13. The molecule has 0 radical (unpaired) electrons. The predicted molar refractivity (Wildman–Crippen MR) is 118 cm³/mol. The van der Waals surface area contributed by atoms with Gasteiger partial charge < -0.3 is 14.2 Å². The van der Waals surface area contributed by atoms with Crippen LogP contribution in [-0.4, -0.2) is 43.6 Å². The Bertz CT molecular complexity index is 985. The summed E-state index contributed by atoms with van der Waals surface area (Å²) in [6, 6.07) is 14.4. The molecule has 0 unspecified atom stereocenters. The van der Waals surface area contributed by atoms with Crippen LogP contribution in [0.25, 0.3) is 6.08 Å². The van der Waals surface area contributed by atoms with Gasteiger partial charge in [0.1, 0.15) is 17.2 Å². The van der Waals surface area contributed by atoms with Crippen LogP contribution in [0.1, 0.15) is 12.5 Å². The Hall–Kier alpha value is -3.26. The van der Waals surface area contributed by atoms with Crippen LogP contribution in [0.4, 0.5) is 5.69 Å². The smallest absolute Gasteiger partial charge is 0.316 e. The zero-order chi connectivity index (χ0) is 21.5. The molecule has 1 heterocycles. The number of rotatable bonds is 7. The number of hydrogen-bond acceptors (Lipinski definition) is 7. The summed E-state index contributed by atoms with van der Waals surface area (Å²) in [6.07, 6.45) is 1.70. The molecule has 7 nitrogen and oxygen atoms in total. The van der Waals surface area contributed by atoms with Crippen molar-refractivity contribution in [3.63, 3.8) is 0 Å². The normalized spacial score (nSPS) is 14.6. The second kappa shape index (κ2) is 9.98. The summed E-state index contributed by atoms with van der Waals surface area (Å²) in [5, 5.41) is 0.404. The lowest BCUT2D eigenvalue weighted by Crippen LogP contribution is -2.31. The lowest BCUT2D eigenvalue weighted by molar-refractivity contribution is -0.139. The highest BCUT2D eigenvalue weighted by molar-refractivity contribution is 8.14. The van der Waals surface area contributed by atoms with E-state index in [9.17, 15) is 9.59 Å². The molecule has 2 aromatic carbocycles. The van der Waals surface area contributed by atoms with E-state index in [1.54, 1.807) is 51.5 Å². The third kappa shape index (κ3) is 5.01. The van der Waals surface area contributed by atoms with Crippen molar-refractivity contribution in [1.29, 1.82) is 0 Å². The fourth-order valence-corrected chi connectivity index (χ4v) is 3.57. The molecule has 0 bridgehead atoms. The van der Waals surface area contributed by atoms with Crippen LogP contribution in [0, 0.1) is 0 Å². The monoisotopic (exact) mass is 426 g/mol. The summed E-state index contributed by atoms with van der Waals surface area (Å²) in [4.78, 5) is 30.9. The predicted octanol–water partition coefficient (Wildman–Crippen LogP) is 3.74. The molecule has 0 atom stereocenters. The number of nitrogens with zero attached hydrogens (tertiary/aromatic N) is 2. The number of carbonyl (C=O) groups is 2. The minimum absolute atomic E-state index is 0.0518. The summed E-state index contributed by atoms with van der Waals surface area (Å²) < 4.78 is 15.4. The van der Waals surface area contributed by atoms with Crippen LogP contribution in [0.15, 0.2) is 59.2 Å². The van der Waals surface area contributed by atoms with Crippen molar-refractivity contribution < 1.29 is 23.8 Å². The molecule has 30 heavy (non-hydrogen) atoms. The van der Waals surface area contributed by atoms with Gasteiger partial charge >= 0.3 is 5.97 Å². The van der Waals surface area contributed by atoms with Crippen molar-refractivity contribution in [3.8, 4) is 11.5 Å². The molecule has 0 fully saturated rings. The average molecular weight is 426 g/mol. The van der Waals surface area contributed by atoms with Crippen molar-refractivity contribution in [1.82, 2.24) is 0 Å². The third-order valence-electron chi connectivity index (χ3n) is 4.18. The maximum Gasteiger partial charge on any atom is 0.316 e. The SMILES string of the molecule is CCOC(=O)CSC1=N/C(=C/c2ccc(OC)cc2)C(=O)N1c1cccc(OC)c1. The van der Waals surface area contributed by atoms with E-state index < -0.39 is 0 Å². The molecule has 0 spiro atoms. The summed E-state index contributed by atoms with van der Waals surface area (Å²) >= 11 is 1.15. The molecule has 0 N–H and O–H groups in total. The van der Waals surface area contributed by atoms with E-state index in [0.29, 0.717) is 23.2 Å². The molecular formula is C22H22N2O5S. The Morgan fingerprint density at radius 1 is 1.10 bits per heavy atom. The third-order valence-corrected chi connectivity index (χ3v) is 5.10. The largest absolute Gasteiger partial charge is 0.497 e. The minimum atomic E-state index is -0.365. The second-order valence-electron chi connectivity index (χ2n) is 6.13. The zero-order valence-electron chi connectivity index (χ0n) is 17.0. The zero-order valence-corrected chi connectivity index (χ0v) is 17.8. The van der Waals surface area contributed by atoms with E-state index in [2.05, 4.69) is 4.99 Å². The van der Waals surface area contributed by atoms with Gasteiger partial charge in [-0.25, -0.2) is 4.99 Å². The molecular weight excluding hydrogens is 404 g/mol. The van der Waals surface area contributed by atoms with E-state index in [0.717, 1.165) is 23.1 Å². The first kappa shape index (κ1) is 21.4. The number of thioether (sulfide) groups is 1. The van der Waals surface area contributed by atoms with Gasteiger partial charge in [0.2, 0.25) is 0 Å². The topological polar surface area (TPSA) is 77.4 Å². The van der Waals surface area contributed by atoms with E-state index in [1.807, 2.05) is 24.3 Å². The minimum Gasteiger partial charge on any atom is -0.497 e. The average Bonchev–Trinajstić information content (AvgIpc) is 3.08. The van der Waals surface area contributed by atoms with Crippen LogP contribution in [0.5, 0.6) is 11.5 Å². The van der Waals surface area contributed by atoms with Crippen LogP contribution in [-0.2, 0) is 14.3 Å². The molecule has 0 saturated heterocycles. The number of anilines is 1. The quantitative estimate of drug-likeness (QED) is 0.496. The van der Waals surface area contributed by atoms with Gasteiger partial charge in [-0.05, 0) is 42.8 Å². The number of hydrogen-bond donors (Lipinski definition) is 0. The summed E-state index contributed by atoms with van der Waals surface area (Å²) in [5.41, 5.74) is 1.69.